The standard InChI is InChI=1S/C18H25N3O6/c1-3-4-13(2)19-17(22)12-27-18(23)15-11-14(21(24)25)5-6-16(15)20-7-9-26-10-8-20/h5-6,11,13H,3-4,7-10,12H2,1-2H3,(H,19,22). The Morgan fingerprint density at radius 2 is 2.07 bits per heavy atom. The molecule has 27 heavy (non-hydrogen) atoms. The van der Waals surface area contributed by atoms with Crippen LogP contribution in [0, 0.1) is 10.1 Å². The lowest BCUT2D eigenvalue weighted by Gasteiger charge is -2.30. The molecule has 1 aromatic rings. The van der Waals surface area contributed by atoms with Crippen molar-refractivity contribution in [1.29, 1.82) is 0 Å². The summed E-state index contributed by atoms with van der Waals surface area (Å²) in [5.74, 6) is -1.17. The molecule has 1 fully saturated rings. The summed E-state index contributed by atoms with van der Waals surface area (Å²) in [4.78, 5) is 36.8. The number of nitrogens with zero attached hydrogens (tertiary/aromatic N) is 2. The van der Waals surface area contributed by atoms with Gasteiger partial charge in [0, 0.05) is 31.3 Å². The number of rotatable bonds is 8. The van der Waals surface area contributed by atoms with E-state index in [4.69, 9.17) is 9.47 Å². The van der Waals surface area contributed by atoms with Crippen molar-refractivity contribution in [2.45, 2.75) is 32.7 Å². The van der Waals surface area contributed by atoms with Crippen LogP contribution < -0.4 is 10.2 Å². The summed E-state index contributed by atoms with van der Waals surface area (Å²) in [5.41, 5.74) is 0.397. The van der Waals surface area contributed by atoms with Gasteiger partial charge in [0.15, 0.2) is 6.61 Å². The van der Waals surface area contributed by atoms with Crippen molar-refractivity contribution in [3.05, 3.63) is 33.9 Å². The average molecular weight is 379 g/mol. The fourth-order valence-electron chi connectivity index (χ4n) is 2.91. The van der Waals surface area contributed by atoms with Gasteiger partial charge < -0.3 is 19.7 Å². The summed E-state index contributed by atoms with van der Waals surface area (Å²) in [6.07, 6.45) is 1.75. The van der Waals surface area contributed by atoms with Crippen LogP contribution in [0.5, 0.6) is 0 Å². The van der Waals surface area contributed by atoms with Crippen LogP contribution in [0.25, 0.3) is 0 Å². The maximum absolute atomic E-state index is 12.5. The number of benzene rings is 1. The second-order valence-corrected chi connectivity index (χ2v) is 6.39. The molecule has 2 rings (SSSR count). The number of ether oxygens (including phenoxy) is 2. The third-order valence-corrected chi connectivity index (χ3v) is 4.23. The SMILES string of the molecule is CCCC(C)NC(=O)COC(=O)c1cc([N+](=O)[O-])ccc1N1CCOCC1. The minimum absolute atomic E-state index is 0.0112. The fraction of sp³-hybridized carbons (Fsp3) is 0.556. The number of nitro groups is 1. The molecule has 0 aromatic heterocycles. The van der Waals surface area contributed by atoms with Gasteiger partial charge in [-0.3, -0.25) is 14.9 Å². The first-order valence-corrected chi connectivity index (χ1v) is 9.00. The van der Waals surface area contributed by atoms with Gasteiger partial charge >= 0.3 is 5.97 Å². The van der Waals surface area contributed by atoms with Gasteiger partial charge in [-0.1, -0.05) is 13.3 Å². The number of carbonyl (C=O) groups is 2. The largest absolute Gasteiger partial charge is 0.452 e. The number of anilines is 1. The molecule has 1 atom stereocenters. The normalized spacial score (nSPS) is 15.1. The zero-order chi connectivity index (χ0) is 19.8. The summed E-state index contributed by atoms with van der Waals surface area (Å²) >= 11 is 0. The highest BCUT2D eigenvalue weighted by Crippen LogP contribution is 2.27. The predicted molar refractivity (Wildman–Crippen MR) is 98.9 cm³/mol. The predicted octanol–water partition coefficient (Wildman–Crippen LogP) is 1.89. The van der Waals surface area contributed by atoms with Crippen molar-refractivity contribution in [3.8, 4) is 0 Å². The summed E-state index contributed by atoms with van der Waals surface area (Å²) in [5, 5.41) is 13.8. The number of morpholine rings is 1. The molecule has 1 heterocycles. The van der Waals surface area contributed by atoms with E-state index in [1.54, 1.807) is 0 Å². The van der Waals surface area contributed by atoms with Crippen LogP contribution in [0.2, 0.25) is 0 Å². The minimum atomic E-state index is -0.765. The maximum Gasteiger partial charge on any atom is 0.341 e. The van der Waals surface area contributed by atoms with Gasteiger partial charge in [0.1, 0.15) is 0 Å². The molecule has 1 saturated heterocycles. The Balaban J connectivity index is 2.11. The highest BCUT2D eigenvalue weighted by atomic mass is 16.6. The van der Waals surface area contributed by atoms with E-state index in [1.807, 2.05) is 18.7 Å². The number of amides is 1. The fourth-order valence-corrected chi connectivity index (χ4v) is 2.91. The molecule has 0 spiro atoms. The second-order valence-electron chi connectivity index (χ2n) is 6.39. The molecule has 1 unspecified atom stereocenters. The van der Waals surface area contributed by atoms with Gasteiger partial charge in [-0.15, -0.1) is 0 Å². The summed E-state index contributed by atoms with van der Waals surface area (Å²) < 4.78 is 10.4. The molecule has 1 amide bonds. The van der Waals surface area contributed by atoms with Gasteiger partial charge in [-0.2, -0.15) is 0 Å². The van der Waals surface area contributed by atoms with E-state index in [-0.39, 0.29) is 17.3 Å². The van der Waals surface area contributed by atoms with E-state index in [2.05, 4.69) is 5.32 Å². The topological polar surface area (TPSA) is 111 Å². The Kier molecular flexibility index (Phi) is 7.54. The van der Waals surface area contributed by atoms with Crippen LogP contribution in [0.4, 0.5) is 11.4 Å². The third kappa shape index (κ3) is 5.92. The summed E-state index contributed by atoms with van der Waals surface area (Å²) in [6.45, 7) is 5.59. The lowest BCUT2D eigenvalue weighted by atomic mass is 10.1. The number of non-ortho nitro benzene ring substituents is 1. The van der Waals surface area contributed by atoms with Crippen molar-refractivity contribution in [3.63, 3.8) is 0 Å². The number of hydrogen-bond acceptors (Lipinski definition) is 7. The first-order chi connectivity index (χ1) is 12.9. The summed E-state index contributed by atoms with van der Waals surface area (Å²) in [6, 6.07) is 4.05. The van der Waals surface area contributed by atoms with E-state index >= 15 is 0 Å². The van der Waals surface area contributed by atoms with Gasteiger partial charge in [0.2, 0.25) is 0 Å². The van der Waals surface area contributed by atoms with Crippen molar-refractivity contribution in [2.75, 3.05) is 37.8 Å². The third-order valence-electron chi connectivity index (χ3n) is 4.23. The smallest absolute Gasteiger partial charge is 0.341 e. The molecule has 9 nitrogen and oxygen atoms in total. The van der Waals surface area contributed by atoms with Gasteiger partial charge in [0.05, 0.1) is 29.4 Å². The highest BCUT2D eigenvalue weighted by molar-refractivity contribution is 5.97. The average Bonchev–Trinajstić information content (AvgIpc) is 2.66. The zero-order valence-corrected chi connectivity index (χ0v) is 15.6. The van der Waals surface area contributed by atoms with E-state index in [9.17, 15) is 19.7 Å². The number of hydrogen-bond donors (Lipinski definition) is 1. The Morgan fingerprint density at radius 1 is 1.37 bits per heavy atom. The van der Waals surface area contributed by atoms with Crippen LogP contribution in [0.1, 0.15) is 37.0 Å². The molecule has 1 aromatic carbocycles. The van der Waals surface area contributed by atoms with Crippen LogP contribution in [0.15, 0.2) is 18.2 Å². The highest BCUT2D eigenvalue weighted by Gasteiger charge is 2.23. The molecular weight excluding hydrogens is 354 g/mol. The lowest BCUT2D eigenvalue weighted by Crippen LogP contribution is -2.38. The first-order valence-electron chi connectivity index (χ1n) is 9.00. The van der Waals surface area contributed by atoms with E-state index in [0.717, 1.165) is 12.8 Å². The monoisotopic (exact) mass is 379 g/mol. The van der Waals surface area contributed by atoms with Crippen molar-refractivity contribution >= 4 is 23.3 Å². The Morgan fingerprint density at radius 3 is 2.70 bits per heavy atom. The summed E-state index contributed by atoms with van der Waals surface area (Å²) in [7, 11) is 0. The molecule has 0 radical (unpaired) electrons. The number of nitrogens with one attached hydrogen (secondary N) is 1. The maximum atomic E-state index is 12.5. The second kappa shape index (κ2) is 9.86. The molecule has 0 bridgehead atoms. The zero-order valence-electron chi connectivity index (χ0n) is 15.6. The number of esters is 1. The molecule has 148 valence electrons. The Labute approximate surface area is 157 Å². The van der Waals surface area contributed by atoms with Crippen LogP contribution >= 0.6 is 0 Å². The molecular formula is C18H25N3O6. The molecule has 1 aliphatic heterocycles. The molecule has 9 heteroatoms. The molecule has 1 aliphatic rings. The first kappa shape index (κ1) is 20.6. The van der Waals surface area contributed by atoms with E-state index < -0.39 is 23.4 Å². The molecule has 0 saturated carbocycles. The lowest BCUT2D eigenvalue weighted by molar-refractivity contribution is -0.384. The minimum Gasteiger partial charge on any atom is -0.452 e. The number of carbonyl (C=O) groups excluding carboxylic acids is 2. The van der Waals surface area contributed by atoms with Crippen LogP contribution in [0.3, 0.4) is 0 Å². The van der Waals surface area contributed by atoms with Gasteiger partial charge in [-0.05, 0) is 19.4 Å². The van der Waals surface area contributed by atoms with Crippen molar-refractivity contribution in [1.82, 2.24) is 5.32 Å². The van der Waals surface area contributed by atoms with Gasteiger partial charge in [0.25, 0.3) is 11.6 Å². The van der Waals surface area contributed by atoms with E-state index in [0.29, 0.717) is 32.0 Å². The molecule has 0 aliphatic carbocycles. The van der Waals surface area contributed by atoms with Crippen LogP contribution in [-0.2, 0) is 14.3 Å². The van der Waals surface area contributed by atoms with Crippen molar-refractivity contribution < 1.29 is 24.0 Å². The number of nitro benzene ring substituents is 1. The van der Waals surface area contributed by atoms with Gasteiger partial charge in [-0.25, -0.2) is 4.79 Å². The Hall–Kier alpha value is -2.68. The van der Waals surface area contributed by atoms with Crippen molar-refractivity contribution in [2.24, 2.45) is 0 Å². The Bertz CT molecular complexity index is 688. The molecule has 1 N–H and O–H groups in total. The quantitative estimate of drug-likeness (QED) is 0.417. The van der Waals surface area contributed by atoms with E-state index in [1.165, 1.54) is 18.2 Å². The van der Waals surface area contributed by atoms with Crippen LogP contribution in [-0.4, -0.2) is 55.8 Å².